The van der Waals surface area contributed by atoms with Crippen molar-refractivity contribution < 1.29 is 14.2 Å². The zero-order chi connectivity index (χ0) is 18.5. The maximum absolute atomic E-state index is 15.1. The standard InChI is InChI=1S/C20H30FN3O2.2ClH/c1-19(2,3)24-10-8-23(9-11-24)14-12-15-17(16(21)13-14)20(26-18(15)25)4-6-22-7-5-20;;/h12-13,18,22,25H,4-11H2,1-3H3;2*1H. The van der Waals surface area contributed by atoms with Crippen molar-refractivity contribution in [2.45, 2.75) is 51.0 Å². The Morgan fingerprint density at radius 1 is 1.11 bits per heavy atom. The third-order valence-electron chi connectivity index (χ3n) is 6.17. The number of aliphatic hydroxyl groups excluding tert-OH is 1. The number of piperazine rings is 1. The largest absolute Gasteiger partial charge is 0.369 e. The molecule has 2 saturated heterocycles. The lowest BCUT2D eigenvalue weighted by Crippen LogP contribution is -2.53. The monoisotopic (exact) mass is 435 g/mol. The van der Waals surface area contributed by atoms with Crippen LogP contribution in [0.2, 0.25) is 0 Å². The number of piperidine rings is 1. The summed E-state index contributed by atoms with van der Waals surface area (Å²) in [4.78, 5) is 4.67. The number of rotatable bonds is 1. The fourth-order valence-electron chi connectivity index (χ4n) is 4.64. The second-order valence-corrected chi connectivity index (χ2v) is 8.75. The molecule has 0 bridgehead atoms. The van der Waals surface area contributed by atoms with Crippen molar-refractivity contribution in [2.75, 3.05) is 44.2 Å². The zero-order valence-corrected chi connectivity index (χ0v) is 18.5. The highest BCUT2D eigenvalue weighted by Crippen LogP contribution is 2.49. The molecule has 0 saturated carbocycles. The first kappa shape index (κ1) is 23.6. The molecular weight excluding hydrogens is 404 g/mol. The summed E-state index contributed by atoms with van der Waals surface area (Å²) in [5, 5.41) is 13.7. The van der Waals surface area contributed by atoms with Crippen molar-refractivity contribution in [1.29, 1.82) is 0 Å². The second kappa shape index (κ2) is 8.62. The lowest BCUT2D eigenvalue weighted by Gasteiger charge is -2.43. The van der Waals surface area contributed by atoms with Crippen molar-refractivity contribution in [2.24, 2.45) is 0 Å². The van der Waals surface area contributed by atoms with E-state index in [-0.39, 0.29) is 36.2 Å². The maximum atomic E-state index is 15.1. The average Bonchev–Trinajstić information content (AvgIpc) is 2.87. The minimum atomic E-state index is -1.03. The molecule has 1 atom stereocenters. The third-order valence-corrected chi connectivity index (χ3v) is 6.17. The summed E-state index contributed by atoms with van der Waals surface area (Å²) in [6, 6.07) is 3.57. The van der Waals surface area contributed by atoms with Gasteiger partial charge >= 0.3 is 0 Å². The van der Waals surface area contributed by atoms with Crippen LogP contribution in [0.15, 0.2) is 12.1 Å². The molecule has 3 aliphatic heterocycles. The van der Waals surface area contributed by atoms with Crippen LogP contribution in [0.1, 0.15) is 51.0 Å². The van der Waals surface area contributed by atoms with Gasteiger partial charge in [-0.1, -0.05) is 0 Å². The molecule has 5 nitrogen and oxygen atoms in total. The van der Waals surface area contributed by atoms with Crippen LogP contribution >= 0.6 is 24.8 Å². The van der Waals surface area contributed by atoms with E-state index in [4.69, 9.17) is 4.74 Å². The molecule has 3 aliphatic rings. The molecule has 2 fully saturated rings. The highest BCUT2D eigenvalue weighted by Gasteiger charge is 2.47. The van der Waals surface area contributed by atoms with Crippen molar-refractivity contribution in [3.63, 3.8) is 0 Å². The van der Waals surface area contributed by atoms with Crippen LogP contribution in [-0.4, -0.2) is 54.8 Å². The molecule has 0 amide bonds. The molecule has 8 heteroatoms. The minimum absolute atomic E-state index is 0. The number of benzene rings is 1. The molecule has 28 heavy (non-hydrogen) atoms. The smallest absolute Gasteiger partial charge is 0.182 e. The normalized spacial score (nSPS) is 24.5. The molecule has 4 rings (SSSR count). The Bertz CT molecular complexity index is 685. The molecule has 2 N–H and O–H groups in total. The Morgan fingerprint density at radius 2 is 1.71 bits per heavy atom. The van der Waals surface area contributed by atoms with Crippen LogP contribution in [0.4, 0.5) is 10.1 Å². The van der Waals surface area contributed by atoms with Crippen LogP contribution in [0, 0.1) is 5.82 Å². The van der Waals surface area contributed by atoms with Gasteiger partial charge in [-0.15, -0.1) is 24.8 Å². The first-order valence-electron chi connectivity index (χ1n) is 9.71. The SMILES string of the molecule is CC(C)(C)N1CCN(c2cc(F)c3c(c2)C(O)OC32CCNCC2)CC1.Cl.Cl. The number of aliphatic hydroxyl groups is 1. The molecule has 1 unspecified atom stereocenters. The number of hydrogen-bond acceptors (Lipinski definition) is 5. The van der Waals surface area contributed by atoms with Gasteiger partial charge in [0.15, 0.2) is 6.29 Å². The topological polar surface area (TPSA) is 48.0 Å². The van der Waals surface area contributed by atoms with Crippen molar-refractivity contribution in [1.82, 2.24) is 10.2 Å². The lowest BCUT2D eigenvalue weighted by atomic mass is 9.83. The Kier molecular flexibility index (Phi) is 7.28. The summed E-state index contributed by atoms with van der Waals surface area (Å²) in [5.74, 6) is -0.241. The van der Waals surface area contributed by atoms with Gasteiger partial charge in [0, 0.05) is 48.5 Å². The van der Waals surface area contributed by atoms with Gasteiger partial charge in [-0.2, -0.15) is 0 Å². The molecule has 0 aromatic heterocycles. The van der Waals surface area contributed by atoms with Crippen LogP contribution in [0.3, 0.4) is 0 Å². The molecular formula is C20H32Cl2FN3O2. The van der Waals surface area contributed by atoms with Gasteiger partial charge in [0.1, 0.15) is 11.4 Å². The van der Waals surface area contributed by atoms with E-state index in [1.165, 1.54) is 0 Å². The molecule has 3 heterocycles. The first-order valence-corrected chi connectivity index (χ1v) is 9.71. The van der Waals surface area contributed by atoms with Crippen molar-refractivity contribution in [3.05, 3.63) is 29.1 Å². The van der Waals surface area contributed by atoms with Crippen LogP contribution in [0.5, 0.6) is 0 Å². The summed E-state index contributed by atoms with van der Waals surface area (Å²) in [7, 11) is 0. The van der Waals surface area contributed by atoms with E-state index >= 15 is 4.39 Å². The van der Waals surface area contributed by atoms with E-state index in [1.807, 2.05) is 6.07 Å². The number of anilines is 1. The van der Waals surface area contributed by atoms with Gasteiger partial charge in [0.05, 0.1) is 0 Å². The Labute approximate surface area is 179 Å². The van der Waals surface area contributed by atoms with Gasteiger partial charge in [0.25, 0.3) is 0 Å². The number of fused-ring (bicyclic) bond motifs is 2. The third kappa shape index (κ3) is 4.13. The van der Waals surface area contributed by atoms with Gasteiger partial charge in [-0.05, 0) is 58.8 Å². The van der Waals surface area contributed by atoms with Gasteiger partial charge in [-0.25, -0.2) is 4.39 Å². The zero-order valence-electron chi connectivity index (χ0n) is 16.8. The van der Waals surface area contributed by atoms with E-state index in [2.05, 4.69) is 35.9 Å². The predicted octanol–water partition coefficient (Wildman–Crippen LogP) is 3.19. The van der Waals surface area contributed by atoms with Crippen LogP contribution < -0.4 is 10.2 Å². The lowest BCUT2D eigenvalue weighted by molar-refractivity contribution is -0.182. The number of hydrogen-bond donors (Lipinski definition) is 2. The fraction of sp³-hybridized carbons (Fsp3) is 0.700. The number of nitrogens with one attached hydrogen (secondary N) is 1. The van der Waals surface area contributed by atoms with E-state index < -0.39 is 11.9 Å². The molecule has 0 aliphatic carbocycles. The first-order chi connectivity index (χ1) is 12.3. The maximum Gasteiger partial charge on any atom is 0.182 e. The van der Waals surface area contributed by atoms with Gasteiger partial charge in [-0.3, -0.25) is 4.90 Å². The molecule has 1 aromatic rings. The summed E-state index contributed by atoms with van der Waals surface area (Å²) >= 11 is 0. The summed E-state index contributed by atoms with van der Waals surface area (Å²) < 4.78 is 21.0. The number of halogens is 3. The molecule has 1 aromatic carbocycles. The van der Waals surface area contributed by atoms with Crippen LogP contribution in [0.25, 0.3) is 0 Å². The average molecular weight is 436 g/mol. The van der Waals surface area contributed by atoms with Gasteiger partial charge in [0.2, 0.25) is 0 Å². The molecule has 0 radical (unpaired) electrons. The quantitative estimate of drug-likeness (QED) is 0.708. The minimum Gasteiger partial charge on any atom is -0.369 e. The predicted molar refractivity (Wildman–Crippen MR) is 114 cm³/mol. The van der Waals surface area contributed by atoms with E-state index in [0.717, 1.165) is 45.0 Å². The van der Waals surface area contributed by atoms with Crippen LogP contribution in [-0.2, 0) is 10.3 Å². The van der Waals surface area contributed by atoms with E-state index in [9.17, 15) is 5.11 Å². The Balaban J connectivity index is 0.00000140. The highest BCUT2D eigenvalue weighted by molar-refractivity contribution is 5.85. The number of nitrogens with zero attached hydrogens (tertiary/aromatic N) is 2. The second-order valence-electron chi connectivity index (χ2n) is 8.75. The molecule has 1 spiro atoms. The van der Waals surface area contributed by atoms with Crippen molar-refractivity contribution in [3.8, 4) is 0 Å². The highest BCUT2D eigenvalue weighted by atomic mass is 35.5. The summed E-state index contributed by atoms with van der Waals surface area (Å²) in [6.07, 6.45) is 0.350. The Morgan fingerprint density at radius 3 is 2.29 bits per heavy atom. The fourth-order valence-corrected chi connectivity index (χ4v) is 4.64. The van der Waals surface area contributed by atoms with Gasteiger partial charge < -0.3 is 20.1 Å². The van der Waals surface area contributed by atoms with E-state index in [0.29, 0.717) is 24.0 Å². The van der Waals surface area contributed by atoms with Crippen molar-refractivity contribution >= 4 is 30.5 Å². The number of ether oxygens (including phenoxy) is 1. The van der Waals surface area contributed by atoms with E-state index in [1.54, 1.807) is 6.07 Å². The summed E-state index contributed by atoms with van der Waals surface area (Å²) in [6.45, 7) is 11.9. The molecule has 160 valence electrons. The summed E-state index contributed by atoms with van der Waals surface area (Å²) in [5.41, 5.74) is 1.51. The Hall–Kier alpha value is -0.630.